The number of rotatable bonds is 1. The summed E-state index contributed by atoms with van der Waals surface area (Å²) in [6.07, 6.45) is 5.49. The molecule has 0 bridgehead atoms. The molecule has 2 rings (SSSR count). The first-order chi connectivity index (χ1) is 6.21. The molecule has 1 heterocycles. The maximum atomic E-state index is 10.3. The molecule has 0 aliphatic heterocycles. The average molecular weight is 180 g/mol. The van der Waals surface area contributed by atoms with Crippen molar-refractivity contribution < 1.29 is 9.52 Å². The Labute approximate surface area is 78.6 Å². The van der Waals surface area contributed by atoms with Crippen LogP contribution in [0.15, 0.2) is 22.8 Å². The summed E-state index contributed by atoms with van der Waals surface area (Å²) >= 11 is 0. The molecule has 1 N–H and O–H groups in total. The van der Waals surface area contributed by atoms with Crippen LogP contribution in [-0.2, 0) is 5.60 Å². The molecule has 0 radical (unpaired) electrons. The van der Waals surface area contributed by atoms with Crippen LogP contribution in [-0.4, -0.2) is 5.11 Å². The fourth-order valence-corrected chi connectivity index (χ4v) is 2.03. The van der Waals surface area contributed by atoms with Crippen LogP contribution in [0.3, 0.4) is 0 Å². The number of furan rings is 1. The maximum Gasteiger partial charge on any atom is 0.135 e. The molecular formula is C11H16O2. The number of hydrogen-bond donors (Lipinski definition) is 1. The van der Waals surface area contributed by atoms with Crippen LogP contribution in [0.25, 0.3) is 0 Å². The Hall–Kier alpha value is -0.760. The topological polar surface area (TPSA) is 33.4 Å². The van der Waals surface area contributed by atoms with Crippen molar-refractivity contribution in [2.75, 3.05) is 0 Å². The van der Waals surface area contributed by atoms with E-state index in [0.717, 1.165) is 37.4 Å². The molecule has 13 heavy (non-hydrogen) atoms. The lowest BCUT2D eigenvalue weighted by Gasteiger charge is -2.33. The summed E-state index contributed by atoms with van der Waals surface area (Å²) in [6.45, 7) is 2.24. The lowest BCUT2D eigenvalue weighted by molar-refractivity contribution is -0.0300. The van der Waals surface area contributed by atoms with Crippen molar-refractivity contribution in [3.8, 4) is 0 Å². The third-order valence-electron chi connectivity index (χ3n) is 3.08. The molecule has 1 aliphatic rings. The van der Waals surface area contributed by atoms with Gasteiger partial charge in [-0.05, 0) is 43.7 Å². The molecule has 0 amide bonds. The van der Waals surface area contributed by atoms with Gasteiger partial charge in [0.15, 0.2) is 0 Å². The van der Waals surface area contributed by atoms with Gasteiger partial charge >= 0.3 is 0 Å². The molecule has 1 aromatic heterocycles. The lowest BCUT2D eigenvalue weighted by atomic mass is 9.78. The third kappa shape index (κ3) is 1.63. The Morgan fingerprint density at radius 3 is 2.69 bits per heavy atom. The van der Waals surface area contributed by atoms with Crippen LogP contribution in [0.4, 0.5) is 0 Å². The first-order valence-corrected chi connectivity index (χ1v) is 4.97. The van der Waals surface area contributed by atoms with Gasteiger partial charge in [0.05, 0.1) is 6.26 Å². The molecule has 0 aromatic carbocycles. The SMILES string of the molecule is CC1CCC(O)(c2ccco2)CC1. The minimum Gasteiger partial charge on any atom is -0.466 e. The van der Waals surface area contributed by atoms with Crippen molar-refractivity contribution in [3.63, 3.8) is 0 Å². The normalized spacial score (nSPS) is 34.8. The predicted octanol–water partition coefficient (Wildman–Crippen LogP) is 2.68. The van der Waals surface area contributed by atoms with Gasteiger partial charge in [0.1, 0.15) is 11.4 Å². The molecule has 2 heteroatoms. The molecule has 0 atom stereocenters. The van der Waals surface area contributed by atoms with Gasteiger partial charge in [-0.1, -0.05) is 6.92 Å². The predicted molar refractivity (Wildman–Crippen MR) is 50.2 cm³/mol. The summed E-state index contributed by atoms with van der Waals surface area (Å²) in [4.78, 5) is 0. The average Bonchev–Trinajstić information content (AvgIpc) is 2.63. The van der Waals surface area contributed by atoms with Crippen LogP contribution in [0, 0.1) is 5.92 Å². The molecule has 1 saturated carbocycles. The van der Waals surface area contributed by atoms with Crippen LogP contribution in [0.2, 0.25) is 0 Å². The minimum absolute atomic E-state index is 0.685. The standard InChI is InChI=1S/C11H16O2/c1-9-4-6-11(12,7-5-9)10-3-2-8-13-10/h2-3,8-9,12H,4-7H2,1H3. The van der Waals surface area contributed by atoms with E-state index in [9.17, 15) is 5.11 Å². The highest BCUT2D eigenvalue weighted by Gasteiger charge is 2.35. The lowest BCUT2D eigenvalue weighted by Crippen LogP contribution is -2.30. The van der Waals surface area contributed by atoms with Gasteiger partial charge < -0.3 is 9.52 Å². The highest BCUT2D eigenvalue weighted by molar-refractivity contribution is 5.10. The smallest absolute Gasteiger partial charge is 0.135 e. The summed E-state index contributed by atoms with van der Waals surface area (Å²) in [7, 11) is 0. The molecule has 1 aliphatic carbocycles. The Kier molecular flexibility index (Phi) is 2.16. The zero-order chi connectivity index (χ0) is 9.31. The molecular weight excluding hydrogens is 164 g/mol. The van der Waals surface area contributed by atoms with Crippen LogP contribution in [0.5, 0.6) is 0 Å². The quantitative estimate of drug-likeness (QED) is 0.720. The van der Waals surface area contributed by atoms with E-state index in [1.54, 1.807) is 6.26 Å². The van der Waals surface area contributed by atoms with E-state index in [2.05, 4.69) is 6.92 Å². The van der Waals surface area contributed by atoms with E-state index in [-0.39, 0.29) is 0 Å². The Morgan fingerprint density at radius 2 is 2.15 bits per heavy atom. The van der Waals surface area contributed by atoms with Crippen molar-refractivity contribution in [1.29, 1.82) is 0 Å². The van der Waals surface area contributed by atoms with Gasteiger partial charge in [-0.15, -0.1) is 0 Å². The van der Waals surface area contributed by atoms with Gasteiger partial charge in [0.2, 0.25) is 0 Å². The highest BCUT2D eigenvalue weighted by Crippen LogP contribution is 2.39. The van der Waals surface area contributed by atoms with Crippen molar-refractivity contribution in [2.45, 2.75) is 38.2 Å². The van der Waals surface area contributed by atoms with E-state index in [1.807, 2.05) is 12.1 Å². The van der Waals surface area contributed by atoms with Crippen molar-refractivity contribution in [3.05, 3.63) is 24.2 Å². The van der Waals surface area contributed by atoms with E-state index < -0.39 is 5.60 Å². The van der Waals surface area contributed by atoms with Gasteiger partial charge in [-0.25, -0.2) is 0 Å². The number of aliphatic hydroxyl groups is 1. The zero-order valence-corrected chi connectivity index (χ0v) is 7.99. The fraction of sp³-hybridized carbons (Fsp3) is 0.636. The Bertz CT molecular complexity index is 256. The van der Waals surface area contributed by atoms with Crippen molar-refractivity contribution >= 4 is 0 Å². The van der Waals surface area contributed by atoms with Crippen molar-refractivity contribution in [1.82, 2.24) is 0 Å². The molecule has 0 saturated heterocycles. The molecule has 0 spiro atoms. The Balaban J connectivity index is 2.13. The summed E-state index contributed by atoms with van der Waals surface area (Å²) in [6, 6.07) is 3.71. The van der Waals surface area contributed by atoms with Crippen LogP contribution < -0.4 is 0 Å². The summed E-state index contributed by atoms with van der Waals surface area (Å²) in [5.41, 5.74) is -0.685. The fourth-order valence-electron chi connectivity index (χ4n) is 2.03. The second-order valence-corrected chi connectivity index (χ2v) is 4.19. The van der Waals surface area contributed by atoms with Crippen LogP contribution >= 0.6 is 0 Å². The van der Waals surface area contributed by atoms with E-state index in [0.29, 0.717) is 0 Å². The molecule has 1 aromatic rings. The Morgan fingerprint density at radius 1 is 1.46 bits per heavy atom. The summed E-state index contributed by atoms with van der Waals surface area (Å²) in [5, 5.41) is 10.3. The summed E-state index contributed by atoms with van der Waals surface area (Å²) < 4.78 is 5.26. The zero-order valence-electron chi connectivity index (χ0n) is 7.99. The number of hydrogen-bond acceptors (Lipinski definition) is 2. The maximum absolute atomic E-state index is 10.3. The van der Waals surface area contributed by atoms with Crippen LogP contribution in [0.1, 0.15) is 38.4 Å². The van der Waals surface area contributed by atoms with Gasteiger partial charge in [0, 0.05) is 0 Å². The van der Waals surface area contributed by atoms with E-state index in [1.165, 1.54) is 0 Å². The van der Waals surface area contributed by atoms with E-state index in [4.69, 9.17) is 4.42 Å². The highest BCUT2D eigenvalue weighted by atomic mass is 16.4. The monoisotopic (exact) mass is 180 g/mol. The third-order valence-corrected chi connectivity index (χ3v) is 3.08. The van der Waals surface area contributed by atoms with Gasteiger partial charge in [-0.2, -0.15) is 0 Å². The van der Waals surface area contributed by atoms with E-state index >= 15 is 0 Å². The van der Waals surface area contributed by atoms with Crippen molar-refractivity contribution in [2.24, 2.45) is 5.92 Å². The molecule has 1 fully saturated rings. The molecule has 0 unspecified atom stereocenters. The summed E-state index contributed by atoms with van der Waals surface area (Å²) in [5.74, 6) is 1.48. The first kappa shape index (κ1) is 8.82. The molecule has 72 valence electrons. The minimum atomic E-state index is -0.685. The largest absolute Gasteiger partial charge is 0.466 e. The van der Waals surface area contributed by atoms with Gasteiger partial charge in [-0.3, -0.25) is 0 Å². The van der Waals surface area contributed by atoms with Gasteiger partial charge in [0.25, 0.3) is 0 Å². The first-order valence-electron chi connectivity index (χ1n) is 4.97. The molecule has 2 nitrogen and oxygen atoms in total. The second-order valence-electron chi connectivity index (χ2n) is 4.19. The second kappa shape index (κ2) is 3.18.